The summed E-state index contributed by atoms with van der Waals surface area (Å²) in [6, 6.07) is 1.92. The van der Waals surface area contributed by atoms with Crippen LogP contribution in [-0.2, 0) is 11.3 Å². The van der Waals surface area contributed by atoms with Crippen molar-refractivity contribution in [2.24, 2.45) is 11.7 Å². The SMILES string of the molecule is COCCN(CC(C)C)c1nc(C)cc(CN)n1. The van der Waals surface area contributed by atoms with Gasteiger partial charge in [0.25, 0.3) is 0 Å². The summed E-state index contributed by atoms with van der Waals surface area (Å²) in [7, 11) is 1.70. The van der Waals surface area contributed by atoms with Crippen LogP contribution in [0.4, 0.5) is 5.95 Å². The predicted octanol–water partition coefficient (Wildman–Crippen LogP) is 1.35. The number of nitrogens with two attached hydrogens (primary N) is 1. The summed E-state index contributed by atoms with van der Waals surface area (Å²) in [6.45, 7) is 9.14. The van der Waals surface area contributed by atoms with Gasteiger partial charge in [0.15, 0.2) is 0 Å². The van der Waals surface area contributed by atoms with Gasteiger partial charge >= 0.3 is 0 Å². The average Bonchev–Trinajstić information content (AvgIpc) is 2.33. The second-order valence-electron chi connectivity index (χ2n) is 4.84. The lowest BCUT2D eigenvalue weighted by Crippen LogP contribution is -2.33. The third kappa shape index (κ3) is 4.58. The van der Waals surface area contributed by atoms with Crippen LogP contribution in [0.1, 0.15) is 25.2 Å². The number of rotatable bonds is 7. The van der Waals surface area contributed by atoms with Crippen LogP contribution >= 0.6 is 0 Å². The van der Waals surface area contributed by atoms with Crippen LogP contribution in [0.2, 0.25) is 0 Å². The van der Waals surface area contributed by atoms with Crippen molar-refractivity contribution in [3.05, 3.63) is 17.5 Å². The highest BCUT2D eigenvalue weighted by molar-refractivity contribution is 5.32. The minimum Gasteiger partial charge on any atom is -0.383 e. The zero-order chi connectivity index (χ0) is 13.5. The number of methoxy groups -OCH3 is 1. The maximum absolute atomic E-state index is 5.66. The molecule has 0 spiro atoms. The van der Waals surface area contributed by atoms with Gasteiger partial charge in [-0.05, 0) is 18.9 Å². The highest BCUT2D eigenvalue weighted by Gasteiger charge is 2.12. The molecular formula is C13H24N4O. The Morgan fingerprint density at radius 3 is 2.67 bits per heavy atom. The molecule has 0 aromatic carbocycles. The van der Waals surface area contributed by atoms with Crippen molar-refractivity contribution in [2.45, 2.75) is 27.3 Å². The molecule has 18 heavy (non-hydrogen) atoms. The summed E-state index contributed by atoms with van der Waals surface area (Å²) in [6.07, 6.45) is 0. The van der Waals surface area contributed by atoms with Crippen molar-refractivity contribution >= 4 is 5.95 Å². The fourth-order valence-corrected chi connectivity index (χ4v) is 1.78. The standard InChI is InChI=1S/C13H24N4O/c1-10(2)9-17(5-6-18-4)13-15-11(3)7-12(8-14)16-13/h7,10H,5-6,8-9,14H2,1-4H3. The van der Waals surface area contributed by atoms with E-state index >= 15 is 0 Å². The van der Waals surface area contributed by atoms with Crippen LogP contribution < -0.4 is 10.6 Å². The van der Waals surface area contributed by atoms with Crippen molar-refractivity contribution in [1.29, 1.82) is 0 Å². The van der Waals surface area contributed by atoms with Gasteiger partial charge in [-0.15, -0.1) is 0 Å². The number of hydrogen-bond acceptors (Lipinski definition) is 5. The minimum atomic E-state index is 0.441. The van der Waals surface area contributed by atoms with E-state index in [1.165, 1.54) is 0 Å². The van der Waals surface area contributed by atoms with Crippen molar-refractivity contribution in [2.75, 3.05) is 31.7 Å². The molecule has 5 heteroatoms. The van der Waals surface area contributed by atoms with Gasteiger partial charge in [-0.1, -0.05) is 13.8 Å². The average molecular weight is 252 g/mol. The van der Waals surface area contributed by atoms with Gasteiger partial charge in [0.05, 0.1) is 12.3 Å². The molecule has 102 valence electrons. The molecule has 0 amide bonds. The van der Waals surface area contributed by atoms with Crippen LogP contribution in [0.25, 0.3) is 0 Å². The predicted molar refractivity (Wildman–Crippen MR) is 73.6 cm³/mol. The Morgan fingerprint density at radius 1 is 1.39 bits per heavy atom. The maximum atomic E-state index is 5.66. The van der Waals surface area contributed by atoms with E-state index in [-0.39, 0.29) is 0 Å². The Morgan fingerprint density at radius 2 is 2.11 bits per heavy atom. The fourth-order valence-electron chi connectivity index (χ4n) is 1.78. The topological polar surface area (TPSA) is 64.3 Å². The first-order chi connectivity index (χ1) is 8.56. The molecule has 0 fully saturated rings. The summed E-state index contributed by atoms with van der Waals surface area (Å²) in [5.41, 5.74) is 7.48. The van der Waals surface area contributed by atoms with Gasteiger partial charge in [0, 0.05) is 32.4 Å². The second kappa shape index (κ2) is 7.28. The van der Waals surface area contributed by atoms with E-state index in [1.54, 1.807) is 7.11 Å². The Bertz CT molecular complexity index is 368. The van der Waals surface area contributed by atoms with E-state index in [0.29, 0.717) is 19.1 Å². The van der Waals surface area contributed by atoms with E-state index in [1.807, 2.05) is 13.0 Å². The van der Waals surface area contributed by atoms with E-state index < -0.39 is 0 Å². The summed E-state index contributed by atoms with van der Waals surface area (Å²) in [4.78, 5) is 11.1. The second-order valence-corrected chi connectivity index (χ2v) is 4.84. The zero-order valence-electron chi connectivity index (χ0n) is 11.8. The quantitative estimate of drug-likeness (QED) is 0.793. The van der Waals surface area contributed by atoms with Gasteiger partial charge in [0.2, 0.25) is 5.95 Å². The molecule has 0 aliphatic rings. The lowest BCUT2D eigenvalue weighted by molar-refractivity contribution is 0.204. The summed E-state index contributed by atoms with van der Waals surface area (Å²) >= 11 is 0. The largest absolute Gasteiger partial charge is 0.383 e. The third-order valence-electron chi connectivity index (χ3n) is 2.54. The van der Waals surface area contributed by atoms with Crippen LogP contribution in [0.5, 0.6) is 0 Å². The number of anilines is 1. The number of ether oxygens (including phenoxy) is 1. The summed E-state index contributed by atoms with van der Waals surface area (Å²) < 4.78 is 5.14. The first kappa shape index (κ1) is 14.9. The van der Waals surface area contributed by atoms with E-state index in [0.717, 1.165) is 30.4 Å². The summed E-state index contributed by atoms with van der Waals surface area (Å²) in [5, 5.41) is 0. The normalized spacial score (nSPS) is 11.0. The number of hydrogen-bond donors (Lipinski definition) is 1. The highest BCUT2D eigenvalue weighted by atomic mass is 16.5. The Balaban J connectivity index is 2.91. The maximum Gasteiger partial charge on any atom is 0.225 e. The van der Waals surface area contributed by atoms with Crippen LogP contribution in [-0.4, -0.2) is 36.8 Å². The third-order valence-corrected chi connectivity index (χ3v) is 2.54. The van der Waals surface area contributed by atoms with Gasteiger partial charge in [-0.3, -0.25) is 0 Å². The van der Waals surface area contributed by atoms with Crippen molar-refractivity contribution < 1.29 is 4.74 Å². The van der Waals surface area contributed by atoms with E-state index in [4.69, 9.17) is 10.5 Å². The van der Waals surface area contributed by atoms with Gasteiger partial charge in [0.1, 0.15) is 0 Å². The number of aryl methyl sites for hydroxylation is 1. The molecule has 1 aromatic heterocycles. The molecule has 0 bridgehead atoms. The molecule has 2 N–H and O–H groups in total. The molecule has 0 aliphatic carbocycles. The van der Waals surface area contributed by atoms with Crippen molar-refractivity contribution in [3.63, 3.8) is 0 Å². The Kier molecular flexibility index (Phi) is 6.01. The molecule has 0 aliphatic heterocycles. The molecule has 1 rings (SSSR count). The van der Waals surface area contributed by atoms with Crippen molar-refractivity contribution in [3.8, 4) is 0 Å². The van der Waals surface area contributed by atoms with Crippen LogP contribution in [0, 0.1) is 12.8 Å². The highest BCUT2D eigenvalue weighted by Crippen LogP contribution is 2.12. The van der Waals surface area contributed by atoms with Crippen LogP contribution in [0.3, 0.4) is 0 Å². The smallest absolute Gasteiger partial charge is 0.225 e. The van der Waals surface area contributed by atoms with Gasteiger partial charge in [-0.25, -0.2) is 9.97 Å². The first-order valence-corrected chi connectivity index (χ1v) is 6.35. The number of nitrogens with zero attached hydrogens (tertiary/aromatic N) is 3. The van der Waals surface area contributed by atoms with Crippen LogP contribution in [0.15, 0.2) is 6.07 Å². The Labute approximate surface area is 109 Å². The molecular weight excluding hydrogens is 228 g/mol. The molecule has 1 aromatic rings. The van der Waals surface area contributed by atoms with Crippen molar-refractivity contribution in [1.82, 2.24) is 9.97 Å². The molecule has 0 unspecified atom stereocenters. The number of aromatic nitrogens is 2. The molecule has 0 atom stereocenters. The molecule has 0 saturated heterocycles. The fraction of sp³-hybridized carbons (Fsp3) is 0.692. The lowest BCUT2D eigenvalue weighted by atomic mass is 10.2. The minimum absolute atomic E-state index is 0.441. The summed E-state index contributed by atoms with van der Waals surface area (Å²) in [5.74, 6) is 1.30. The first-order valence-electron chi connectivity index (χ1n) is 6.35. The Hall–Kier alpha value is -1.20. The molecule has 1 heterocycles. The van der Waals surface area contributed by atoms with E-state index in [2.05, 4.69) is 28.7 Å². The molecule has 0 radical (unpaired) electrons. The van der Waals surface area contributed by atoms with Gasteiger partial charge in [-0.2, -0.15) is 0 Å². The molecule has 5 nitrogen and oxygen atoms in total. The monoisotopic (exact) mass is 252 g/mol. The zero-order valence-corrected chi connectivity index (χ0v) is 11.8. The molecule has 0 saturated carbocycles. The van der Waals surface area contributed by atoms with E-state index in [9.17, 15) is 0 Å². The lowest BCUT2D eigenvalue weighted by Gasteiger charge is -2.24. The van der Waals surface area contributed by atoms with Gasteiger partial charge < -0.3 is 15.4 Å².